The number of hydrogen-bond donors (Lipinski definition) is 2. The molecule has 0 heterocycles. The Bertz CT molecular complexity index is 277. The number of aromatic carboxylic acids is 1. The second kappa shape index (κ2) is 5.83. The molecule has 0 amide bonds. The van der Waals surface area contributed by atoms with Gasteiger partial charge in [-0.3, -0.25) is 0 Å². The van der Waals surface area contributed by atoms with Crippen molar-refractivity contribution in [1.82, 2.24) is 0 Å². The van der Waals surface area contributed by atoms with E-state index in [1.54, 1.807) is 18.2 Å². The highest BCUT2D eigenvalue weighted by Gasteiger charge is 1.98. The van der Waals surface area contributed by atoms with Gasteiger partial charge < -0.3 is 10.8 Å². The van der Waals surface area contributed by atoms with E-state index >= 15 is 0 Å². The monoisotopic (exact) mass is 179 g/mol. The molecule has 1 rings (SSSR count). The Kier molecular flexibility index (Phi) is 5.03. The highest BCUT2D eigenvalue weighted by molar-refractivity contribution is 5.87. The van der Waals surface area contributed by atoms with Crippen molar-refractivity contribution in [2.45, 2.75) is 6.92 Å². The number of carboxylic acid groups (broad SMARTS) is 1. The van der Waals surface area contributed by atoms with E-state index in [9.17, 15) is 4.79 Å². The Hall–Kier alpha value is -1.77. The van der Waals surface area contributed by atoms with E-state index in [0.29, 0.717) is 5.69 Å². The van der Waals surface area contributed by atoms with Gasteiger partial charge in [0.15, 0.2) is 0 Å². The summed E-state index contributed by atoms with van der Waals surface area (Å²) >= 11 is 0. The minimum absolute atomic E-state index is 0.259. The van der Waals surface area contributed by atoms with Crippen LogP contribution >= 0.6 is 0 Å². The van der Waals surface area contributed by atoms with Gasteiger partial charge in [-0.1, -0.05) is 6.08 Å². The van der Waals surface area contributed by atoms with E-state index in [1.165, 1.54) is 12.1 Å². The van der Waals surface area contributed by atoms with Gasteiger partial charge in [0, 0.05) is 5.69 Å². The molecule has 0 aromatic heterocycles. The number of nitrogens with two attached hydrogens (primary N) is 1. The second-order valence-electron chi connectivity index (χ2n) is 2.34. The number of carboxylic acids is 1. The second-order valence-corrected chi connectivity index (χ2v) is 2.34. The molecular formula is C10H13NO2. The molecule has 0 saturated heterocycles. The maximum atomic E-state index is 10.3. The van der Waals surface area contributed by atoms with Crippen LogP contribution in [-0.4, -0.2) is 11.1 Å². The van der Waals surface area contributed by atoms with Crippen LogP contribution in [0.3, 0.4) is 0 Å². The van der Waals surface area contributed by atoms with Crippen molar-refractivity contribution < 1.29 is 9.90 Å². The van der Waals surface area contributed by atoms with Gasteiger partial charge in [-0.15, -0.1) is 6.58 Å². The quantitative estimate of drug-likeness (QED) is 0.513. The number of benzene rings is 1. The van der Waals surface area contributed by atoms with E-state index in [0.717, 1.165) is 0 Å². The minimum atomic E-state index is -0.931. The Morgan fingerprint density at radius 2 is 1.85 bits per heavy atom. The molecule has 0 aliphatic carbocycles. The van der Waals surface area contributed by atoms with Crippen LogP contribution in [0.15, 0.2) is 36.9 Å². The molecule has 3 nitrogen and oxygen atoms in total. The van der Waals surface area contributed by atoms with E-state index < -0.39 is 5.97 Å². The summed E-state index contributed by atoms with van der Waals surface area (Å²) in [6.45, 7) is 5.25. The van der Waals surface area contributed by atoms with Crippen LogP contribution in [0.1, 0.15) is 17.3 Å². The van der Waals surface area contributed by atoms with Gasteiger partial charge in [-0.25, -0.2) is 4.79 Å². The number of allylic oxidation sites excluding steroid dienone is 1. The van der Waals surface area contributed by atoms with Crippen molar-refractivity contribution in [2.75, 3.05) is 5.73 Å². The molecule has 0 radical (unpaired) electrons. The molecule has 70 valence electrons. The van der Waals surface area contributed by atoms with Crippen LogP contribution < -0.4 is 5.73 Å². The van der Waals surface area contributed by atoms with Gasteiger partial charge in [-0.05, 0) is 31.2 Å². The normalized spacial score (nSPS) is 8.08. The van der Waals surface area contributed by atoms with Crippen molar-refractivity contribution in [3.63, 3.8) is 0 Å². The highest BCUT2D eigenvalue weighted by atomic mass is 16.4. The molecule has 3 heteroatoms. The third-order valence-corrected chi connectivity index (χ3v) is 1.16. The molecule has 0 atom stereocenters. The largest absolute Gasteiger partial charge is 0.478 e. The first kappa shape index (κ1) is 11.2. The molecule has 0 saturated carbocycles. The molecule has 0 aliphatic rings. The van der Waals surface area contributed by atoms with Crippen LogP contribution in [0.4, 0.5) is 5.69 Å². The van der Waals surface area contributed by atoms with Crippen molar-refractivity contribution in [2.24, 2.45) is 0 Å². The third-order valence-electron chi connectivity index (χ3n) is 1.16. The SMILES string of the molecule is C=CC.Nc1ccc(C(=O)O)cc1. The molecule has 13 heavy (non-hydrogen) atoms. The number of carbonyl (C=O) groups is 1. The average molecular weight is 179 g/mol. The summed E-state index contributed by atoms with van der Waals surface area (Å²) < 4.78 is 0. The maximum absolute atomic E-state index is 10.3. The maximum Gasteiger partial charge on any atom is 0.335 e. The zero-order valence-electron chi connectivity index (χ0n) is 7.53. The van der Waals surface area contributed by atoms with Crippen LogP contribution in [0.5, 0.6) is 0 Å². The van der Waals surface area contributed by atoms with Gasteiger partial charge >= 0.3 is 5.97 Å². The van der Waals surface area contributed by atoms with Crippen LogP contribution in [0.2, 0.25) is 0 Å². The van der Waals surface area contributed by atoms with Gasteiger partial charge in [0.1, 0.15) is 0 Å². The molecule has 0 fully saturated rings. The summed E-state index contributed by atoms with van der Waals surface area (Å²) in [4.78, 5) is 10.3. The number of anilines is 1. The molecule has 0 bridgehead atoms. The summed E-state index contributed by atoms with van der Waals surface area (Å²) in [7, 11) is 0. The van der Waals surface area contributed by atoms with Gasteiger partial charge in [0.05, 0.1) is 5.56 Å². The summed E-state index contributed by atoms with van der Waals surface area (Å²) in [5.41, 5.74) is 6.17. The zero-order valence-corrected chi connectivity index (χ0v) is 7.53. The Morgan fingerprint density at radius 3 is 2.15 bits per heavy atom. The third kappa shape index (κ3) is 4.63. The summed E-state index contributed by atoms with van der Waals surface area (Å²) in [6, 6.07) is 6.06. The van der Waals surface area contributed by atoms with Gasteiger partial charge in [0.2, 0.25) is 0 Å². The molecule has 1 aromatic rings. The molecular weight excluding hydrogens is 166 g/mol. The van der Waals surface area contributed by atoms with Crippen LogP contribution in [0, 0.1) is 0 Å². The Balaban J connectivity index is 0.000000424. The molecule has 1 aromatic carbocycles. The van der Waals surface area contributed by atoms with Crippen molar-refractivity contribution in [1.29, 1.82) is 0 Å². The standard InChI is InChI=1S/C7H7NO2.C3H6/c8-6-3-1-5(2-4-6)7(9)10;1-3-2/h1-4H,8H2,(H,9,10);3H,1H2,2H3. The van der Waals surface area contributed by atoms with E-state index in [-0.39, 0.29) is 5.56 Å². The summed E-state index contributed by atoms with van der Waals surface area (Å²) in [5.74, 6) is -0.931. The fourth-order valence-electron chi connectivity index (χ4n) is 0.626. The van der Waals surface area contributed by atoms with Crippen molar-refractivity contribution in [3.8, 4) is 0 Å². The predicted octanol–water partition coefficient (Wildman–Crippen LogP) is 2.16. The van der Waals surface area contributed by atoms with Gasteiger partial charge in [-0.2, -0.15) is 0 Å². The first-order chi connectivity index (χ1) is 6.11. The number of rotatable bonds is 1. The lowest BCUT2D eigenvalue weighted by Crippen LogP contribution is -1.95. The first-order valence-electron chi connectivity index (χ1n) is 3.77. The van der Waals surface area contributed by atoms with E-state index in [2.05, 4.69) is 6.58 Å². The van der Waals surface area contributed by atoms with Crippen LogP contribution in [0.25, 0.3) is 0 Å². The van der Waals surface area contributed by atoms with Crippen LogP contribution in [-0.2, 0) is 0 Å². The number of hydrogen-bond acceptors (Lipinski definition) is 2. The lowest BCUT2D eigenvalue weighted by molar-refractivity contribution is 0.0697. The molecule has 0 unspecified atom stereocenters. The van der Waals surface area contributed by atoms with E-state index in [1.807, 2.05) is 6.92 Å². The topological polar surface area (TPSA) is 63.3 Å². The summed E-state index contributed by atoms with van der Waals surface area (Å²) in [6.07, 6.45) is 1.75. The minimum Gasteiger partial charge on any atom is -0.478 e. The zero-order chi connectivity index (χ0) is 10.3. The number of nitrogen functional groups attached to an aromatic ring is 1. The predicted molar refractivity (Wildman–Crippen MR) is 53.7 cm³/mol. The lowest BCUT2D eigenvalue weighted by atomic mass is 10.2. The molecule has 0 aliphatic heterocycles. The Morgan fingerprint density at radius 1 is 1.46 bits per heavy atom. The van der Waals surface area contributed by atoms with Gasteiger partial charge in [0.25, 0.3) is 0 Å². The fourth-order valence-corrected chi connectivity index (χ4v) is 0.626. The molecule has 3 N–H and O–H groups in total. The fraction of sp³-hybridized carbons (Fsp3) is 0.100. The molecule has 0 spiro atoms. The smallest absolute Gasteiger partial charge is 0.335 e. The van der Waals surface area contributed by atoms with E-state index in [4.69, 9.17) is 10.8 Å². The first-order valence-corrected chi connectivity index (χ1v) is 3.77. The average Bonchev–Trinajstić information content (AvgIpc) is 2.06. The lowest BCUT2D eigenvalue weighted by Gasteiger charge is -1.93. The highest BCUT2D eigenvalue weighted by Crippen LogP contribution is 2.04. The van der Waals surface area contributed by atoms with Crippen molar-refractivity contribution >= 4 is 11.7 Å². The summed E-state index contributed by atoms with van der Waals surface area (Å²) in [5, 5.41) is 8.43. The van der Waals surface area contributed by atoms with Crippen molar-refractivity contribution in [3.05, 3.63) is 42.5 Å². The Labute approximate surface area is 77.5 Å².